The molecule has 2 rings (SSSR count). The molecule has 23 heavy (non-hydrogen) atoms. The van der Waals surface area contributed by atoms with E-state index in [9.17, 15) is 4.79 Å². The minimum atomic E-state index is 0.0376. The van der Waals surface area contributed by atoms with Crippen LogP contribution in [0.2, 0.25) is 0 Å². The van der Waals surface area contributed by atoms with Gasteiger partial charge in [0.05, 0.1) is 19.7 Å². The normalized spacial score (nSPS) is 20.3. The van der Waals surface area contributed by atoms with Gasteiger partial charge >= 0.3 is 0 Å². The minimum absolute atomic E-state index is 0.0376. The van der Waals surface area contributed by atoms with Gasteiger partial charge in [-0.15, -0.1) is 0 Å². The third kappa shape index (κ3) is 5.24. The summed E-state index contributed by atoms with van der Waals surface area (Å²) < 4.78 is 5.21. The fraction of sp³-hybridized carbons (Fsp3) is 0.632. The molecule has 2 atom stereocenters. The quantitative estimate of drug-likeness (QED) is 0.875. The van der Waals surface area contributed by atoms with E-state index in [4.69, 9.17) is 4.74 Å². The summed E-state index contributed by atoms with van der Waals surface area (Å²) in [7, 11) is 1.66. The maximum absolute atomic E-state index is 12.5. The van der Waals surface area contributed by atoms with Gasteiger partial charge in [-0.3, -0.25) is 9.69 Å². The molecule has 1 aliphatic rings. The number of amides is 1. The monoisotopic (exact) mass is 318 g/mol. The summed E-state index contributed by atoms with van der Waals surface area (Å²) in [6.45, 7) is 9.10. The molecule has 0 unspecified atom stereocenters. The van der Waals surface area contributed by atoms with E-state index in [1.807, 2.05) is 24.3 Å². The van der Waals surface area contributed by atoms with Crippen LogP contribution in [-0.2, 0) is 4.79 Å². The number of benzene rings is 1. The van der Waals surface area contributed by atoms with Crippen molar-refractivity contribution >= 4 is 5.91 Å². The molecule has 1 aromatic rings. The Morgan fingerprint density at radius 3 is 2.61 bits per heavy atom. The lowest BCUT2D eigenvalue weighted by molar-refractivity contribution is -0.123. The highest BCUT2D eigenvalue weighted by Crippen LogP contribution is 2.24. The summed E-state index contributed by atoms with van der Waals surface area (Å²) in [4.78, 5) is 14.7. The summed E-state index contributed by atoms with van der Waals surface area (Å²) in [5.41, 5.74) is 1.13. The SMILES string of the molecule is COc1ccc([C@H](NC(=O)CN2CCC[C@@H](C)C2)C(C)C)cc1. The zero-order valence-electron chi connectivity index (χ0n) is 14.8. The predicted molar refractivity (Wildman–Crippen MR) is 93.6 cm³/mol. The maximum atomic E-state index is 12.5. The molecule has 1 heterocycles. The lowest BCUT2D eigenvalue weighted by atomic mass is 9.95. The van der Waals surface area contributed by atoms with Crippen molar-refractivity contribution in [3.63, 3.8) is 0 Å². The molecule has 0 saturated carbocycles. The van der Waals surface area contributed by atoms with E-state index in [2.05, 4.69) is 31.0 Å². The van der Waals surface area contributed by atoms with Crippen LogP contribution < -0.4 is 10.1 Å². The standard InChI is InChI=1S/C19H30N2O2/c1-14(2)19(16-7-9-17(23-4)10-8-16)20-18(22)13-21-11-5-6-15(3)12-21/h7-10,14-15,19H,5-6,11-13H2,1-4H3,(H,20,22)/t15-,19-/m1/s1. The van der Waals surface area contributed by atoms with Gasteiger partial charge < -0.3 is 10.1 Å². The van der Waals surface area contributed by atoms with Crippen LogP contribution in [0.5, 0.6) is 5.75 Å². The molecular weight excluding hydrogens is 288 g/mol. The molecule has 1 amide bonds. The molecule has 1 N–H and O–H groups in total. The Hall–Kier alpha value is -1.55. The number of carbonyl (C=O) groups excluding carboxylic acids is 1. The molecule has 128 valence electrons. The summed E-state index contributed by atoms with van der Waals surface area (Å²) in [6, 6.07) is 8.00. The third-order valence-corrected chi connectivity index (χ3v) is 4.57. The van der Waals surface area contributed by atoms with E-state index in [0.29, 0.717) is 18.4 Å². The Morgan fingerprint density at radius 1 is 1.35 bits per heavy atom. The van der Waals surface area contributed by atoms with Gasteiger partial charge in [0.1, 0.15) is 5.75 Å². The number of ether oxygens (including phenoxy) is 1. The van der Waals surface area contributed by atoms with Crippen LogP contribution in [0.25, 0.3) is 0 Å². The highest BCUT2D eigenvalue weighted by molar-refractivity contribution is 5.78. The zero-order valence-corrected chi connectivity index (χ0v) is 14.8. The number of hydrogen-bond donors (Lipinski definition) is 1. The van der Waals surface area contributed by atoms with Crippen molar-refractivity contribution in [1.29, 1.82) is 0 Å². The largest absolute Gasteiger partial charge is 0.497 e. The fourth-order valence-electron chi connectivity index (χ4n) is 3.30. The Kier molecular flexibility index (Phi) is 6.46. The fourth-order valence-corrected chi connectivity index (χ4v) is 3.30. The number of methoxy groups -OCH3 is 1. The van der Waals surface area contributed by atoms with Crippen molar-refractivity contribution in [2.24, 2.45) is 11.8 Å². The van der Waals surface area contributed by atoms with E-state index >= 15 is 0 Å². The number of likely N-dealkylation sites (tertiary alicyclic amines) is 1. The van der Waals surface area contributed by atoms with E-state index in [1.165, 1.54) is 12.8 Å². The average molecular weight is 318 g/mol. The Balaban J connectivity index is 1.96. The van der Waals surface area contributed by atoms with Crippen LogP contribution in [0, 0.1) is 11.8 Å². The Morgan fingerprint density at radius 2 is 2.04 bits per heavy atom. The van der Waals surface area contributed by atoms with E-state index in [-0.39, 0.29) is 11.9 Å². The molecule has 0 radical (unpaired) electrons. The van der Waals surface area contributed by atoms with Gasteiger partial charge in [-0.2, -0.15) is 0 Å². The Bertz CT molecular complexity index is 499. The first-order chi connectivity index (χ1) is 11.0. The molecule has 0 spiro atoms. The van der Waals surface area contributed by atoms with Crippen molar-refractivity contribution in [3.8, 4) is 5.75 Å². The summed E-state index contributed by atoms with van der Waals surface area (Å²) >= 11 is 0. The number of piperidine rings is 1. The molecular formula is C19H30N2O2. The van der Waals surface area contributed by atoms with Crippen molar-refractivity contribution in [3.05, 3.63) is 29.8 Å². The molecule has 4 nitrogen and oxygen atoms in total. The molecule has 1 fully saturated rings. The number of nitrogens with one attached hydrogen (secondary N) is 1. The van der Waals surface area contributed by atoms with Gasteiger partial charge in [-0.1, -0.05) is 32.9 Å². The van der Waals surface area contributed by atoms with Crippen LogP contribution in [0.4, 0.5) is 0 Å². The van der Waals surface area contributed by atoms with Crippen molar-refractivity contribution in [1.82, 2.24) is 10.2 Å². The van der Waals surface area contributed by atoms with Gasteiger partial charge in [0.25, 0.3) is 0 Å². The molecule has 1 saturated heterocycles. The van der Waals surface area contributed by atoms with E-state index < -0.39 is 0 Å². The zero-order chi connectivity index (χ0) is 16.8. The molecule has 1 aliphatic heterocycles. The molecule has 0 bridgehead atoms. The van der Waals surface area contributed by atoms with Crippen LogP contribution >= 0.6 is 0 Å². The van der Waals surface area contributed by atoms with Gasteiger partial charge in [0.2, 0.25) is 5.91 Å². The smallest absolute Gasteiger partial charge is 0.234 e. The predicted octanol–water partition coefficient (Wildman–Crippen LogP) is 3.24. The minimum Gasteiger partial charge on any atom is -0.497 e. The van der Waals surface area contributed by atoms with Gasteiger partial charge in [-0.05, 0) is 48.9 Å². The average Bonchev–Trinajstić information content (AvgIpc) is 2.52. The van der Waals surface area contributed by atoms with Crippen LogP contribution in [-0.4, -0.2) is 37.6 Å². The van der Waals surface area contributed by atoms with Crippen LogP contribution in [0.3, 0.4) is 0 Å². The lowest BCUT2D eigenvalue weighted by Gasteiger charge is -2.31. The van der Waals surface area contributed by atoms with Crippen molar-refractivity contribution < 1.29 is 9.53 Å². The second-order valence-corrected chi connectivity index (χ2v) is 7.04. The van der Waals surface area contributed by atoms with E-state index in [0.717, 1.165) is 24.4 Å². The number of rotatable bonds is 6. The van der Waals surface area contributed by atoms with Crippen molar-refractivity contribution in [2.75, 3.05) is 26.7 Å². The second-order valence-electron chi connectivity index (χ2n) is 7.04. The van der Waals surface area contributed by atoms with Gasteiger partial charge in [-0.25, -0.2) is 0 Å². The molecule has 4 heteroatoms. The number of nitrogens with zero attached hydrogens (tertiary/aromatic N) is 1. The highest BCUT2D eigenvalue weighted by atomic mass is 16.5. The first kappa shape index (κ1) is 17.8. The summed E-state index contributed by atoms with van der Waals surface area (Å²) in [6.07, 6.45) is 2.47. The van der Waals surface area contributed by atoms with Crippen LogP contribution in [0.15, 0.2) is 24.3 Å². The van der Waals surface area contributed by atoms with Crippen molar-refractivity contribution in [2.45, 2.75) is 39.7 Å². The summed E-state index contributed by atoms with van der Waals surface area (Å²) in [5.74, 6) is 1.99. The van der Waals surface area contributed by atoms with Gasteiger partial charge in [0, 0.05) is 6.54 Å². The third-order valence-electron chi connectivity index (χ3n) is 4.57. The maximum Gasteiger partial charge on any atom is 0.234 e. The van der Waals surface area contributed by atoms with Crippen LogP contribution in [0.1, 0.15) is 45.2 Å². The molecule has 0 aromatic heterocycles. The molecule has 1 aromatic carbocycles. The topological polar surface area (TPSA) is 41.6 Å². The first-order valence-corrected chi connectivity index (χ1v) is 8.65. The second kappa shape index (κ2) is 8.34. The summed E-state index contributed by atoms with van der Waals surface area (Å²) in [5, 5.41) is 3.21. The first-order valence-electron chi connectivity index (χ1n) is 8.65. The van der Waals surface area contributed by atoms with Gasteiger partial charge in [0.15, 0.2) is 0 Å². The van der Waals surface area contributed by atoms with E-state index in [1.54, 1.807) is 7.11 Å². The lowest BCUT2D eigenvalue weighted by Crippen LogP contribution is -2.43. The number of carbonyl (C=O) groups is 1. The highest BCUT2D eigenvalue weighted by Gasteiger charge is 2.22. The Labute approximate surface area is 140 Å². The molecule has 0 aliphatic carbocycles. The number of hydrogen-bond acceptors (Lipinski definition) is 3.